The number of carbonyl (C=O) groups is 4. The molecular weight excluding hydrogens is 709 g/mol. The monoisotopic (exact) mass is 764 g/mol. The van der Waals surface area contributed by atoms with Gasteiger partial charge in [0.2, 0.25) is 27.7 Å². The van der Waals surface area contributed by atoms with E-state index in [1.54, 1.807) is 27.8 Å². The normalized spacial score (nSPS) is 17.7. The fraction of sp³-hybridized carbons (Fsp3) is 0.525. The van der Waals surface area contributed by atoms with Crippen molar-refractivity contribution in [3.05, 3.63) is 83.2 Å². The maximum Gasteiger partial charge on any atom is 0.244 e. The Labute approximate surface area is 319 Å². The third kappa shape index (κ3) is 11.6. The van der Waals surface area contributed by atoms with Crippen LogP contribution in [0.4, 0.5) is 0 Å². The van der Waals surface area contributed by atoms with E-state index >= 15 is 0 Å². The van der Waals surface area contributed by atoms with Gasteiger partial charge in [0.1, 0.15) is 28.6 Å². The Kier molecular flexibility index (Phi) is 14.3. The molecule has 0 saturated carbocycles. The van der Waals surface area contributed by atoms with Crippen LogP contribution < -0.4 is 20.7 Å². The average molecular weight is 765 g/mol. The molecule has 2 aromatic carbocycles. The van der Waals surface area contributed by atoms with Crippen LogP contribution in [0.25, 0.3) is 0 Å². The first kappa shape index (κ1) is 42.3. The number of ether oxygens (including phenoxy) is 1. The quantitative estimate of drug-likeness (QED) is 0.126. The van der Waals surface area contributed by atoms with Gasteiger partial charge in [0, 0.05) is 13.5 Å². The Balaban J connectivity index is 1.60. The lowest BCUT2D eigenvalue weighted by atomic mass is 9.93. The third-order valence-electron chi connectivity index (χ3n) is 9.58. The second-order valence-electron chi connectivity index (χ2n) is 15.3. The lowest BCUT2D eigenvalue weighted by molar-refractivity contribution is -0.134. The summed E-state index contributed by atoms with van der Waals surface area (Å²) in [6, 6.07) is 14.3. The van der Waals surface area contributed by atoms with E-state index in [9.17, 15) is 27.6 Å². The second kappa shape index (κ2) is 18.3. The molecule has 1 aliphatic heterocycles. The molecule has 1 fully saturated rings. The molecule has 2 heterocycles. The van der Waals surface area contributed by atoms with Crippen molar-refractivity contribution >= 4 is 33.5 Å². The van der Waals surface area contributed by atoms with Gasteiger partial charge in [-0.3, -0.25) is 23.9 Å². The summed E-state index contributed by atoms with van der Waals surface area (Å²) >= 11 is 0. The van der Waals surface area contributed by atoms with Gasteiger partial charge < -0.3 is 20.7 Å². The van der Waals surface area contributed by atoms with Gasteiger partial charge in [-0.2, -0.15) is 9.82 Å². The molecule has 0 radical (unpaired) electrons. The second-order valence-corrected chi connectivity index (χ2v) is 17.0. The van der Waals surface area contributed by atoms with Crippen molar-refractivity contribution < 1.29 is 32.3 Å². The Hall–Kier alpha value is -4.40. The van der Waals surface area contributed by atoms with E-state index in [1.165, 1.54) is 4.68 Å². The molecule has 14 heteroatoms. The Morgan fingerprint density at radius 3 is 1.78 bits per heavy atom. The highest BCUT2D eigenvalue weighted by Crippen LogP contribution is 2.30. The molecule has 1 aromatic heterocycles. The molecule has 3 aromatic rings. The van der Waals surface area contributed by atoms with Crippen LogP contribution in [0.15, 0.2) is 65.6 Å². The van der Waals surface area contributed by atoms with E-state index in [0.29, 0.717) is 24.2 Å². The van der Waals surface area contributed by atoms with Crippen molar-refractivity contribution in [1.29, 1.82) is 0 Å². The summed E-state index contributed by atoms with van der Waals surface area (Å²) in [6.45, 7) is 12.9. The summed E-state index contributed by atoms with van der Waals surface area (Å²) in [5.41, 5.74) is 1.44. The zero-order chi connectivity index (χ0) is 39.8. The number of benzene rings is 2. The van der Waals surface area contributed by atoms with Crippen LogP contribution in [0.3, 0.4) is 0 Å². The summed E-state index contributed by atoms with van der Waals surface area (Å²) < 4.78 is 37.0. The molecule has 0 spiro atoms. The number of aromatic nitrogens is 2. The van der Waals surface area contributed by atoms with Crippen LogP contribution >= 0.6 is 0 Å². The van der Waals surface area contributed by atoms with Gasteiger partial charge in [-0.25, -0.2) is 8.42 Å². The van der Waals surface area contributed by atoms with Crippen molar-refractivity contribution in [1.82, 2.24) is 30.5 Å². The van der Waals surface area contributed by atoms with Gasteiger partial charge in [-0.15, -0.1) is 0 Å². The molecule has 5 atom stereocenters. The van der Waals surface area contributed by atoms with Crippen LogP contribution in [-0.2, 0) is 53.8 Å². The fourth-order valence-corrected chi connectivity index (χ4v) is 8.16. The number of amides is 3. The Morgan fingerprint density at radius 1 is 0.778 bits per heavy atom. The van der Waals surface area contributed by atoms with Crippen LogP contribution in [0, 0.1) is 25.7 Å². The van der Waals surface area contributed by atoms with Crippen LogP contribution in [0.2, 0.25) is 0 Å². The highest BCUT2D eigenvalue weighted by Gasteiger charge is 2.50. The highest BCUT2D eigenvalue weighted by atomic mass is 32.2. The van der Waals surface area contributed by atoms with Crippen molar-refractivity contribution in [3.63, 3.8) is 0 Å². The number of epoxide rings is 1. The van der Waals surface area contributed by atoms with E-state index < -0.39 is 57.5 Å². The zero-order valence-corrected chi connectivity index (χ0v) is 33.5. The number of ketones is 1. The predicted molar refractivity (Wildman–Crippen MR) is 206 cm³/mol. The number of hydrogen-bond acceptors (Lipinski definition) is 8. The molecule has 3 unspecified atom stereocenters. The van der Waals surface area contributed by atoms with E-state index in [0.717, 1.165) is 11.1 Å². The Bertz CT molecular complexity index is 1870. The first-order valence-corrected chi connectivity index (χ1v) is 20.1. The lowest BCUT2D eigenvalue weighted by Crippen LogP contribution is -2.59. The molecule has 1 aliphatic rings. The lowest BCUT2D eigenvalue weighted by Gasteiger charge is -2.28. The van der Waals surface area contributed by atoms with Crippen LogP contribution in [0.1, 0.15) is 76.4 Å². The van der Waals surface area contributed by atoms with Gasteiger partial charge in [-0.1, -0.05) is 88.4 Å². The summed E-state index contributed by atoms with van der Waals surface area (Å²) in [5, 5.41) is 12.8. The largest absolute Gasteiger partial charge is 0.361 e. The average Bonchev–Trinajstić information content (AvgIpc) is 3.80. The molecule has 0 bridgehead atoms. The summed E-state index contributed by atoms with van der Waals surface area (Å²) in [7, 11) is -2.57. The summed E-state index contributed by atoms with van der Waals surface area (Å²) in [4.78, 5) is 55.6. The first-order chi connectivity index (χ1) is 25.4. The highest BCUT2D eigenvalue weighted by molar-refractivity contribution is 7.89. The number of carbonyl (C=O) groups excluding carboxylic acids is 4. The maximum absolute atomic E-state index is 14.1. The summed E-state index contributed by atoms with van der Waals surface area (Å²) in [6.07, 6.45) is 1.21. The minimum absolute atomic E-state index is 0.00903. The number of rotatable bonds is 20. The minimum atomic E-state index is -4.21. The molecular formula is C40H56N6O7S. The van der Waals surface area contributed by atoms with E-state index in [2.05, 4.69) is 25.8 Å². The number of nitrogens with one attached hydrogen (secondary N) is 4. The van der Waals surface area contributed by atoms with Crippen LogP contribution in [0.5, 0.6) is 0 Å². The van der Waals surface area contributed by atoms with Crippen molar-refractivity contribution in [2.45, 2.75) is 115 Å². The predicted octanol–water partition coefficient (Wildman–Crippen LogP) is 3.46. The molecule has 54 heavy (non-hydrogen) atoms. The first-order valence-electron chi connectivity index (χ1n) is 18.6. The molecule has 13 nitrogen and oxygen atoms in total. The van der Waals surface area contributed by atoms with E-state index in [1.807, 2.05) is 88.4 Å². The molecule has 1 saturated heterocycles. The molecule has 0 aliphatic carbocycles. The zero-order valence-electron chi connectivity index (χ0n) is 32.6. The Morgan fingerprint density at radius 2 is 1.26 bits per heavy atom. The molecule has 4 N–H and O–H groups in total. The van der Waals surface area contributed by atoms with Crippen LogP contribution in [-0.4, -0.2) is 78.1 Å². The van der Waals surface area contributed by atoms with Crippen molar-refractivity contribution in [2.24, 2.45) is 18.9 Å². The van der Waals surface area contributed by atoms with Gasteiger partial charge in [0.25, 0.3) is 0 Å². The molecule has 3 amide bonds. The minimum Gasteiger partial charge on any atom is -0.361 e. The summed E-state index contributed by atoms with van der Waals surface area (Å²) in [5.74, 6) is -2.02. The van der Waals surface area contributed by atoms with Gasteiger partial charge in [-0.05, 0) is 69.4 Å². The van der Waals surface area contributed by atoms with Crippen molar-refractivity contribution in [2.75, 3.05) is 6.61 Å². The number of Topliss-reactive ketones (excluding diaryl/α,β-unsaturated/α-hetero) is 1. The van der Waals surface area contributed by atoms with E-state index in [4.69, 9.17) is 4.74 Å². The number of hydrogen-bond donors (Lipinski definition) is 4. The number of nitrogens with zero attached hydrogens (tertiary/aromatic N) is 2. The van der Waals surface area contributed by atoms with Gasteiger partial charge in [0.15, 0.2) is 5.78 Å². The van der Waals surface area contributed by atoms with Gasteiger partial charge in [0.05, 0.1) is 24.0 Å². The topological polar surface area (TPSA) is 181 Å². The molecule has 4 rings (SSSR count). The van der Waals surface area contributed by atoms with E-state index in [-0.39, 0.29) is 48.4 Å². The number of sulfonamides is 1. The third-order valence-corrected chi connectivity index (χ3v) is 11.3. The maximum atomic E-state index is 14.1. The molecule has 294 valence electrons. The fourth-order valence-electron chi connectivity index (χ4n) is 6.49. The standard InChI is InChI=1S/C40H56N6O7S/c1-25(2)21-32(36(47)40(7)24-53-40)41-39(50)34(23-30-17-13-10-14-18-30)43-38(49)33(22-26(3)4)42-37(48)31(20-19-29-15-11-9-12-16-29)45-54(51,52)35-27(5)44-46(8)28(35)6/h9-18,25-26,31-34,45H,19-24H2,1-8H3,(H,41,50)(H,42,48)(H,43,49)/t31-,32?,33?,34-,40?/m0/s1. The smallest absolute Gasteiger partial charge is 0.244 e. The number of aryl methyl sites for hydroxylation is 3. The van der Waals surface area contributed by atoms with Crippen molar-refractivity contribution in [3.8, 4) is 0 Å². The SMILES string of the molecule is Cc1nn(C)c(C)c1S(=O)(=O)N[C@@H](CCc1ccccc1)C(=O)NC(CC(C)C)C(=O)N[C@@H](Cc1ccccc1)C(=O)NC(CC(C)C)C(=O)C1(C)CO1. The van der Waals surface area contributed by atoms with Gasteiger partial charge >= 0.3 is 0 Å².